The molecule has 37 heavy (non-hydrogen) atoms. The molecule has 0 N–H and O–H groups in total. The minimum Gasteiger partial charge on any atom is -0.756 e. The van der Waals surface area contributed by atoms with Crippen LogP contribution < -0.4 is 4.89 Å². The number of hydrogen-bond acceptors (Lipinski definition) is 6. The molecule has 0 bridgehead atoms. The van der Waals surface area contributed by atoms with Gasteiger partial charge in [-0.1, -0.05) is 103 Å². The first-order valence-corrected chi connectivity index (χ1v) is 16.8. The third kappa shape index (κ3) is 20.5. The van der Waals surface area contributed by atoms with Crippen molar-refractivity contribution in [1.29, 1.82) is 0 Å². The minimum atomic E-state index is -4.35. The highest BCUT2D eigenvalue weighted by Gasteiger charge is 2.37. The zero-order valence-electron chi connectivity index (χ0n) is 24.8. The van der Waals surface area contributed by atoms with Crippen LogP contribution in [0, 0.1) is 0 Å². The van der Waals surface area contributed by atoms with Crippen molar-refractivity contribution >= 4 is 7.82 Å². The van der Waals surface area contributed by atoms with Crippen molar-refractivity contribution in [3.8, 4) is 0 Å². The summed E-state index contributed by atoms with van der Waals surface area (Å²) in [5.41, 5.74) is -0.682. The number of phosphoric ester groups is 1. The van der Waals surface area contributed by atoms with Gasteiger partial charge in [-0.3, -0.25) is 4.57 Å². The summed E-state index contributed by atoms with van der Waals surface area (Å²) in [6, 6.07) is 0. The number of phosphoric acid groups is 1. The van der Waals surface area contributed by atoms with Gasteiger partial charge in [-0.15, -0.1) is 0 Å². The van der Waals surface area contributed by atoms with Crippen LogP contribution in [0.15, 0.2) is 0 Å². The number of rotatable bonds is 26. The molecule has 1 rings (SSSR count). The molecule has 0 aromatic carbocycles. The van der Waals surface area contributed by atoms with Crippen LogP contribution in [0.3, 0.4) is 0 Å². The van der Waals surface area contributed by atoms with E-state index < -0.39 is 13.4 Å². The Hall–Kier alpha value is -0.0100. The van der Waals surface area contributed by atoms with Gasteiger partial charge in [-0.2, -0.15) is 0 Å². The first-order valence-electron chi connectivity index (χ1n) is 15.3. The average molecular weight is 550 g/mol. The third-order valence-corrected chi connectivity index (χ3v) is 8.13. The molecular weight excluding hydrogens is 489 g/mol. The minimum absolute atomic E-state index is 0.0445. The molecule has 2 unspecified atom stereocenters. The van der Waals surface area contributed by atoms with E-state index in [4.69, 9.17) is 18.5 Å². The van der Waals surface area contributed by atoms with Crippen molar-refractivity contribution in [1.82, 2.24) is 0 Å². The van der Waals surface area contributed by atoms with Crippen LogP contribution in [0.2, 0.25) is 0 Å². The van der Waals surface area contributed by atoms with Crippen molar-refractivity contribution in [2.75, 3.05) is 60.7 Å². The number of quaternary nitrogens is 1. The second-order valence-corrected chi connectivity index (χ2v) is 13.5. The van der Waals surface area contributed by atoms with Gasteiger partial charge in [0.05, 0.1) is 34.4 Å². The number of hydrogen-bond donors (Lipinski definition) is 0. The summed E-state index contributed by atoms with van der Waals surface area (Å²) in [4.78, 5) is 12.1. The van der Waals surface area contributed by atoms with E-state index >= 15 is 0 Å². The molecule has 0 aliphatic carbocycles. The van der Waals surface area contributed by atoms with E-state index in [-0.39, 0.29) is 13.2 Å². The van der Waals surface area contributed by atoms with Crippen molar-refractivity contribution in [3.05, 3.63) is 0 Å². The molecule has 7 nitrogen and oxygen atoms in total. The Balaban J connectivity index is 1.99. The maximum absolute atomic E-state index is 12.1. The Morgan fingerprint density at radius 3 is 1.73 bits per heavy atom. The number of unbranched alkanes of at least 4 members (excludes halogenated alkanes) is 15. The lowest BCUT2D eigenvalue weighted by molar-refractivity contribution is -0.870. The molecule has 0 amide bonds. The zero-order valence-corrected chi connectivity index (χ0v) is 25.7. The zero-order chi connectivity index (χ0) is 27.3. The lowest BCUT2D eigenvalue weighted by atomic mass is 10.0. The highest BCUT2D eigenvalue weighted by Crippen LogP contribution is 2.41. The number of nitrogens with zero attached hydrogens (tertiary/aromatic N) is 1. The first kappa shape index (κ1) is 35.0. The van der Waals surface area contributed by atoms with Gasteiger partial charge in [0, 0.05) is 13.2 Å². The van der Waals surface area contributed by atoms with Crippen LogP contribution in [-0.4, -0.2) is 70.8 Å². The monoisotopic (exact) mass is 549 g/mol. The Bertz CT molecular complexity index is 577. The van der Waals surface area contributed by atoms with E-state index in [1.54, 1.807) is 0 Å². The van der Waals surface area contributed by atoms with Crippen LogP contribution in [0.1, 0.15) is 122 Å². The fourth-order valence-electron chi connectivity index (χ4n) is 4.70. The topological polar surface area (TPSA) is 77.1 Å². The van der Waals surface area contributed by atoms with Crippen molar-refractivity contribution in [2.45, 2.75) is 128 Å². The van der Waals surface area contributed by atoms with Crippen LogP contribution >= 0.6 is 7.82 Å². The van der Waals surface area contributed by atoms with Crippen LogP contribution in [0.25, 0.3) is 0 Å². The van der Waals surface area contributed by atoms with E-state index in [1.807, 2.05) is 21.1 Å². The summed E-state index contributed by atoms with van der Waals surface area (Å²) >= 11 is 0. The van der Waals surface area contributed by atoms with Crippen molar-refractivity contribution in [3.63, 3.8) is 0 Å². The Morgan fingerprint density at radius 1 is 0.757 bits per heavy atom. The molecule has 0 aromatic rings. The smallest absolute Gasteiger partial charge is 0.268 e. The van der Waals surface area contributed by atoms with E-state index in [9.17, 15) is 9.46 Å². The van der Waals surface area contributed by atoms with E-state index in [1.165, 1.54) is 96.3 Å². The summed E-state index contributed by atoms with van der Waals surface area (Å²) in [5.74, 6) is 0. The molecule has 2 atom stereocenters. The van der Waals surface area contributed by atoms with Gasteiger partial charge in [0.25, 0.3) is 7.82 Å². The van der Waals surface area contributed by atoms with Crippen molar-refractivity contribution in [2.24, 2.45) is 0 Å². The fraction of sp³-hybridized carbons (Fsp3) is 1.00. The van der Waals surface area contributed by atoms with Crippen LogP contribution in [0.5, 0.6) is 0 Å². The summed E-state index contributed by atoms with van der Waals surface area (Å²) in [6.45, 7) is 4.57. The normalized spacial score (nSPS) is 19.9. The molecular formula is C29H60NO6P. The van der Waals surface area contributed by atoms with E-state index in [2.05, 4.69) is 6.92 Å². The van der Waals surface area contributed by atoms with Gasteiger partial charge in [0.1, 0.15) is 18.8 Å². The lowest BCUT2D eigenvalue weighted by Crippen LogP contribution is -2.40. The summed E-state index contributed by atoms with van der Waals surface area (Å²) in [7, 11) is 1.60. The molecule has 0 radical (unpaired) electrons. The second-order valence-electron chi connectivity index (χ2n) is 12.1. The standard InChI is InChI=1S/C29H60NO6P/c1-5-6-7-8-9-10-11-12-13-14-15-16-17-18-19-20-24-33-27-29(22-21-25-34-29)28-36-37(31,32)35-26-23-30(2,3)4/h5-28H2,1-4H3. The molecule has 1 aliphatic rings. The summed E-state index contributed by atoms with van der Waals surface area (Å²) in [6.07, 6.45) is 23.2. The molecule has 0 spiro atoms. The van der Waals surface area contributed by atoms with Gasteiger partial charge in [0.2, 0.25) is 0 Å². The highest BCUT2D eigenvalue weighted by atomic mass is 31.2. The summed E-state index contributed by atoms with van der Waals surface area (Å²) in [5, 5.41) is 0. The molecule has 0 aromatic heterocycles. The second kappa shape index (κ2) is 20.8. The largest absolute Gasteiger partial charge is 0.756 e. The van der Waals surface area contributed by atoms with Crippen molar-refractivity contribution < 1.29 is 32.5 Å². The average Bonchev–Trinajstić information content (AvgIpc) is 3.30. The molecule has 1 heterocycles. The SMILES string of the molecule is CCCCCCCCCCCCCCCCCCOCC1(COP(=O)([O-])OCC[N+](C)(C)C)CCCO1. The lowest BCUT2D eigenvalue weighted by Gasteiger charge is -2.32. The van der Waals surface area contributed by atoms with E-state index in [0.717, 1.165) is 19.3 Å². The molecule has 222 valence electrons. The predicted octanol–water partition coefficient (Wildman–Crippen LogP) is 7.02. The van der Waals surface area contributed by atoms with Gasteiger partial charge < -0.3 is 27.9 Å². The molecule has 1 aliphatic heterocycles. The Kier molecular flexibility index (Phi) is 19.7. The maximum atomic E-state index is 12.1. The van der Waals surface area contributed by atoms with Gasteiger partial charge in [0.15, 0.2) is 0 Å². The maximum Gasteiger partial charge on any atom is 0.268 e. The summed E-state index contributed by atoms with van der Waals surface area (Å²) < 4.78 is 34.7. The van der Waals surface area contributed by atoms with Gasteiger partial charge in [-0.05, 0) is 19.3 Å². The van der Waals surface area contributed by atoms with Gasteiger partial charge >= 0.3 is 0 Å². The third-order valence-electron chi connectivity index (χ3n) is 7.19. The molecule has 0 saturated carbocycles. The predicted molar refractivity (Wildman–Crippen MR) is 151 cm³/mol. The van der Waals surface area contributed by atoms with Crippen LogP contribution in [-0.2, 0) is 23.1 Å². The Labute approximate surface area is 229 Å². The van der Waals surface area contributed by atoms with Gasteiger partial charge in [-0.25, -0.2) is 0 Å². The van der Waals surface area contributed by atoms with E-state index in [0.29, 0.717) is 30.8 Å². The van der Waals surface area contributed by atoms with Crippen LogP contribution in [0.4, 0.5) is 0 Å². The molecule has 1 saturated heterocycles. The highest BCUT2D eigenvalue weighted by molar-refractivity contribution is 7.45. The number of ether oxygens (including phenoxy) is 2. The molecule has 1 fully saturated rings. The number of likely N-dealkylation sites (N-methyl/N-ethyl adjacent to an activating group) is 1. The quantitative estimate of drug-likeness (QED) is 0.0655. The first-order chi connectivity index (χ1) is 17.7. The Morgan fingerprint density at radius 2 is 1.27 bits per heavy atom. The fourth-order valence-corrected chi connectivity index (χ4v) is 5.47. The molecule has 8 heteroatoms.